The monoisotopic (exact) mass is 314 g/mol. The Morgan fingerprint density at radius 3 is 2.76 bits per heavy atom. The summed E-state index contributed by atoms with van der Waals surface area (Å²) in [4.78, 5) is 4.58. The zero-order chi connectivity index (χ0) is 14.8. The fourth-order valence-electron chi connectivity index (χ4n) is 2.48. The Kier molecular flexibility index (Phi) is 4.17. The number of rotatable bonds is 4. The van der Waals surface area contributed by atoms with Gasteiger partial charge in [-0.15, -0.1) is 11.3 Å². The molecule has 1 atom stereocenters. The van der Waals surface area contributed by atoms with Gasteiger partial charge in [-0.1, -0.05) is 36.0 Å². The first-order valence-electron chi connectivity index (χ1n) is 6.94. The molecule has 1 unspecified atom stereocenters. The highest BCUT2D eigenvalue weighted by atomic mass is 32.2. The second kappa shape index (κ2) is 6.08. The molecule has 3 rings (SSSR count). The molecule has 2 nitrogen and oxygen atoms in total. The standard InChI is InChI=1S/C17H18N2S2/c1-11-6-4-5-7-14(11)12(2)18-13-8-9-15-16(10-13)21-17(19-15)20-3/h4-10,12,18H,1-3H3. The van der Waals surface area contributed by atoms with E-state index >= 15 is 0 Å². The van der Waals surface area contributed by atoms with Gasteiger partial charge in [0.15, 0.2) is 4.34 Å². The topological polar surface area (TPSA) is 24.9 Å². The van der Waals surface area contributed by atoms with Crippen LogP contribution in [0.25, 0.3) is 10.2 Å². The van der Waals surface area contributed by atoms with Crippen LogP contribution in [0.4, 0.5) is 5.69 Å². The maximum Gasteiger partial charge on any atom is 0.150 e. The Labute approximate surface area is 133 Å². The number of anilines is 1. The maximum absolute atomic E-state index is 4.58. The fraction of sp³-hybridized carbons (Fsp3) is 0.235. The van der Waals surface area contributed by atoms with Crippen LogP contribution in [0.1, 0.15) is 24.1 Å². The van der Waals surface area contributed by atoms with Crippen molar-refractivity contribution in [1.29, 1.82) is 0 Å². The molecular formula is C17H18N2S2. The number of fused-ring (bicyclic) bond motifs is 1. The quantitative estimate of drug-likeness (QED) is 0.644. The minimum Gasteiger partial charge on any atom is -0.378 e. The molecule has 0 saturated carbocycles. The molecule has 0 fully saturated rings. The van der Waals surface area contributed by atoms with Crippen molar-refractivity contribution in [2.24, 2.45) is 0 Å². The van der Waals surface area contributed by atoms with E-state index in [-0.39, 0.29) is 6.04 Å². The predicted octanol–water partition coefficient (Wildman–Crippen LogP) is 5.50. The molecule has 2 aromatic carbocycles. The van der Waals surface area contributed by atoms with E-state index in [1.807, 2.05) is 0 Å². The summed E-state index contributed by atoms with van der Waals surface area (Å²) in [6.45, 7) is 4.36. The third kappa shape index (κ3) is 3.06. The molecule has 21 heavy (non-hydrogen) atoms. The van der Waals surface area contributed by atoms with Crippen molar-refractivity contribution in [3.8, 4) is 0 Å². The van der Waals surface area contributed by atoms with Crippen LogP contribution in [0, 0.1) is 6.92 Å². The van der Waals surface area contributed by atoms with Crippen LogP contribution >= 0.6 is 23.1 Å². The molecule has 0 spiro atoms. The van der Waals surface area contributed by atoms with E-state index in [1.54, 1.807) is 23.1 Å². The van der Waals surface area contributed by atoms with Crippen molar-refractivity contribution in [3.05, 3.63) is 53.6 Å². The summed E-state index contributed by atoms with van der Waals surface area (Å²) < 4.78 is 2.36. The van der Waals surface area contributed by atoms with Gasteiger partial charge < -0.3 is 5.32 Å². The maximum atomic E-state index is 4.58. The molecule has 0 aliphatic rings. The van der Waals surface area contributed by atoms with Crippen LogP contribution in [0.2, 0.25) is 0 Å². The van der Waals surface area contributed by atoms with Gasteiger partial charge in [-0.25, -0.2) is 4.98 Å². The predicted molar refractivity (Wildman–Crippen MR) is 94.6 cm³/mol. The number of hydrogen-bond donors (Lipinski definition) is 1. The SMILES string of the molecule is CSc1nc2ccc(NC(C)c3ccccc3C)cc2s1. The molecule has 0 aliphatic carbocycles. The van der Waals surface area contributed by atoms with Crippen molar-refractivity contribution in [1.82, 2.24) is 4.98 Å². The molecule has 4 heteroatoms. The molecular weight excluding hydrogens is 296 g/mol. The molecule has 3 aromatic rings. The van der Waals surface area contributed by atoms with Crippen molar-refractivity contribution in [2.75, 3.05) is 11.6 Å². The first kappa shape index (κ1) is 14.4. The summed E-state index contributed by atoms with van der Waals surface area (Å²) in [5.74, 6) is 0. The normalized spacial score (nSPS) is 12.5. The van der Waals surface area contributed by atoms with Gasteiger partial charge in [-0.3, -0.25) is 0 Å². The van der Waals surface area contributed by atoms with Crippen molar-refractivity contribution in [2.45, 2.75) is 24.2 Å². The van der Waals surface area contributed by atoms with Gasteiger partial charge in [0.05, 0.1) is 10.2 Å². The highest BCUT2D eigenvalue weighted by Gasteiger charge is 2.09. The lowest BCUT2D eigenvalue weighted by atomic mass is 10.0. The van der Waals surface area contributed by atoms with Gasteiger partial charge in [-0.05, 0) is 49.4 Å². The summed E-state index contributed by atoms with van der Waals surface area (Å²) >= 11 is 3.45. The molecule has 0 radical (unpaired) electrons. The van der Waals surface area contributed by atoms with E-state index < -0.39 is 0 Å². The van der Waals surface area contributed by atoms with E-state index in [4.69, 9.17) is 0 Å². The zero-order valence-electron chi connectivity index (χ0n) is 12.4. The summed E-state index contributed by atoms with van der Waals surface area (Å²) in [5.41, 5.74) is 4.89. The number of nitrogens with one attached hydrogen (secondary N) is 1. The average Bonchev–Trinajstić information content (AvgIpc) is 2.90. The Hall–Kier alpha value is -1.52. The molecule has 1 N–H and O–H groups in total. The number of thiazole rings is 1. The van der Waals surface area contributed by atoms with E-state index in [0.717, 1.165) is 15.5 Å². The Balaban J connectivity index is 1.86. The molecule has 1 aromatic heterocycles. The third-order valence-electron chi connectivity index (χ3n) is 3.58. The van der Waals surface area contributed by atoms with Gasteiger partial charge in [0.25, 0.3) is 0 Å². The second-order valence-corrected chi connectivity index (χ2v) is 7.17. The van der Waals surface area contributed by atoms with Crippen LogP contribution in [0.5, 0.6) is 0 Å². The lowest BCUT2D eigenvalue weighted by molar-refractivity contribution is 0.875. The first-order valence-corrected chi connectivity index (χ1v) is 8.98. The van der Waals surface area contributed by atoms with Crippen LogP contribution in [0.3, 0.4) is 0 Å². The van der Waals surface area contributed by atoms with Gasteiger partial charge in [0, 0.05) is 11.7 Å². The highest BCUT2D eigenvalue weighted by molar-refractivity contribution is 8.00. The average molecular weight is 314 g/mol. The third-order valence-corrected chi connectivity index (χ3v) is 5.58. The van der Waals surface area contributed by atoms with Crippen molar-refractivity contribution in [3.63, 3.8) is 0 Å². The number of thioether (sulfide) groups is 1. The van der Waals surface area contributed by atoms with Crippen LogP contribution in [-0.2, 0) is 0 Å². The molecule has 108 valence electrons. The minimum absolute atomic E-state index is 0.289. The Morgan fingerprint density at radius 1 is 1.19 bits per heavy atom. The van der Waals surface area contributed by atoms with Crippen LogP contribution in [0.15, 0.2) is 46.8 Å². The number of hydrogen-bond acceptors (Lipinski definition) is 4. The number of aryl methyl sites for hydroxylation is 1. The largest absolute Gasteiger partial charge is 0.378 e. The number of nitrogens with zero attached hydrogens (tertiary/aromatic N) is 1. The van der Waals surface area contributed by atoms with E-state index in [0.29, 0.717) is 0 Å². The molecule has 0 amide bonds. The van der Waals surface area contributed by atoms with Gasteiger partial charge >= 0.3 is 0 Å². The molecule has 0 aliphatic heterocycles. The molecule has 1 heterocycles. The first-order chi connectivity index (χ1) is 10.2. The Morgan fingerprint density at radius 2 is 2.00 bits per heavy atom. The van der Waals surface area contributed by atoms with Crippen LogP contribution in [-0.4, -0.2) is 11.2 Å². The van der Waals surface area contributed by atoms with Crippen molar-refractivity contribution >= 4 is 39.0 Å². The van der Waals surface area contributed by atoms with Gasteiger partial charge in [-0.2, -0.15) is 0 Å². The van der Waals surface area contributed by atoms with Crippen LogP contribution < -0.4 is 5.32 Å². The van der Waals surface area contributed by atoms with E-state index in [1.165, 1.54) is 15.8 Å². The lowest BCUT2D eigenvalue weighted by Crippen LogP contribution is -2.07. The van der Waals surface area contributed by atoms with E-state index in [2.05, 4.69) is 72.9 Å². The van der Waals surface area contributed by atoms with E-state index in [9.17, 15) is 0 Å². The zero-order valence-corrected chi connectivity index (χ0v) is 14.0. The van der Waals surface area contributed by atoms with Gasteiger partial charge in [0.2, 0.25) is 0 Å². The summed E-state index contributed by atoms with van der Waals surface area (Å²) in [6.07, 6.45) is 2.07. The summed E-state index contributed by atoms with van der Waals surface area (Å²) in [6, 6.07) is 15.2. The highest BCUT2D eigenvalue weighted by Crippen LogP contribution is 2.31. The van der Waals surface area contributed by atoms with Crippen molar-refractivity contribution < 1.29 is 0 Å². The number of benzene rings is 2. The fourth-order valence-corrected chi connectivity index (χ4v) is 4.01. The molecule has 0 bridgehead atoms. The van der Waals surface area contributed by atoms with Gasteiger partial charge in [0.1, 0.15) is 0 Å². The summed E-state index contributed by atoms with van der Waals surface area (Å²) in [7, 11) is 0. The molecule has 0 saturated heterocycles. The Bertz CT molecular complexity index is 764. The second-order valence-electron chi connectivity index (χ2n) is 5.09. The smallest absolute Gasteiger partial charge is 0.150 e. The lowest BCUT2D eigenvalue weighted by Gasteiger charge is -2.17. The minimum atomic E-state index is 0.289. The summed E-state index contributed by atoms with van der Waals surface area (Å²) in [5, 5.41) is 3.59. The number of aromatic nitrogens is 1.